The fourth-order valence-electron chi connectivity index (χ4n) is 1.43. The van der Waals surface area contributed by atoms with Gasteiger partial charge in [-0.15, -0.1) is 11.3 Å². The molecule has 0 aliphatic rings. The highest BCUT2D eigenvalue weighted by Gasteiger charge is 2.18. The van der Waals surface area contributed by atoms with Crippen LogP contribution in [0.25, 0.3) is 0 Å². The minimum Gasteiger partial charge on any atom is -0.300 e. The van der Waals surface area contributed by atoms with Crippen molar-refractivity contribution >= 4 is 24.0 Å². The predicted octanol–water partition coefficient (Wildman–Crippen LogP) is 2.53. The van der Waals surface area contributed by atoms with Crippen molar-refractivity contribution < 1.29 is 0 Å². The lowest BCUT2D eigenvalue weighted by Crippen LogP contribution is -2.32. The SMILES string of the molecule is CN(Cc1cscn1)CC(C)(C)CS. The summed E-state index contributed by atoms with van der Waals surface area (Å²) in [5, 5.41) is 2.10. The molecule has 0 aliphatic heterocycles. The summed E-state index contributed by atoms with van der Waals surface area (Å²) in [6.07, 6.45) is 0. The molecule has 0 bridgehead atoms. The van der Waals surface area contributed by atoms with Gasteiger partial charge in [-0.2, -0.15) is 12.6 Å². The van der Waals surface area contributed by atoms with Crippen LogP contribution in [0, 0.1) is 5.41 Å². The van der Waals surface area contributed by atoms with E-state index in [1.807, 2.05) is 5.51 Å². The maximum absolute atomic E-state index is 4.35. The third-order valence-electron chi connectivity index (χ3n) is 2.04. The third kappa shape index (κ3) is 3.98. The van der Waals surface area contributed by atoms with Crippen molar-refractivity contribution in [3.8, 4) is 0 Å². The van der Waals surface area contributed by atoms with Crippen LogP contribution < -0.4 is 0 Å². The Balaban J connectivity index is 2.40. The van der Waals surface area contributed by atoms with Gasteiger partial charge in [0, 0.05) is 18.5 Å². The lowest BCUT2D eigenvalue weighted by Gasteiger charge is -2.28. The van der Waals surface area contributed by atoms with Crippen LogP contribution in [-0.2, 0) is 6.54 Å². The number of thiazole rings is 1. The molecule has 1 aromatic heterocycles. The molecular weight excluding hydrogens is 212 g/mol. The van der Waals surface area contributed by atoms with Gasteiger partial charge in [0.25, 0.3) is 0 Å². The zero-order valence-electron chi connectivity index (χ0n) is 9.03. The summed E-state index contributed by atoms with van der Waals surface area (Å²) in [7, 11) is 2.13. The van der Waals surface area contributed by atoms with Crippen molar-refractivity contribution in [1.82, 2.24) is 9.88 Å². The van der Waals surface area contributed by atoms with E-state index in [1.54, 1.807) is 11.3 Å². The quantitative estimate of drug-likeness (QED) is 0.783. The van der Waals surface area contributed by atoms with E-state index in [9.17, 15) is 0 Å². The molecule has 0 saturated heterocycles. The fraction of sp³-hybridized carbons (Fsp3) is 0.700. The molecule has 0 radical (unpaired) electrons. The molecule has 0 unspecified atom stereocenters. The lowest BCUT2D eigenvalue weighted by molar-refractivity contribution is 0.223. The zero-order chi connectivity index (χ0) is 10.6. The number of hydrogen-bond acceptors (Lipinski definition) is 4. The van der Waals surface area contributed by atoms with E-state index in [0.29, 0.717) is 0 Å². The fourth-order valence-corrected chi connectivity index (χ4v) is 2.08. The molecular formula is C10H18N2S2. The molecule has 0 amide bonds. The van der Waals surface area contributed by atoms with Gasteiger partial charge in [-0.25, -0.2) is 4.98 Å². The molecule has 0 atom stereocenters. The van der Waals surface area contributed by atoms with E-state index in [1.165, 1.54) is 0 Å². The Morgan fingerprint density at radius 3 is 2.79 bits per heavy atom. The zero-order valence-corrected chi connectivity index (χ0v) is 10.7. The van der Waals surface area contributed by atoms with Crippen LogP contribution in [0.3, 0.4) is 0 Å². The first kappa shape index (κ1) is 12.0. The highest BCUT2D eigenvalue weighted by atomic mass is 32.1. The molecule has 1 rings (SSSR count). The molecule has 14 heavy (non-hydrogen) atoms. The predicted molar refractivity (Wildman–Crippen MR) is 66.1 cm³/mol. The molecule has 0 aliphatic carbocycles. The van der Waals surface area contributed by atoms with Gasteiger partial charge in [0.15, 0.2) is 0 Å². The number of aromatic nitrogens is 1. The normalized spacial score (nSPS) is 12.4. The Labute approximate surface area is 95.8 Å². The van der Waals surface area contributed by atoms with Crippen molar-refractivity contribution in [3.05, 3.63) is 16.6 Å². The molecule has 0 fully saturated rings. The summed E-state index contributed by atoms with van der Waals surface area (Å²) in [5.74, 6) is 0.911. The minimum absolute atomic E-state index is 0.272. The van der Waals surface area contributed by atoms with Crippen LogP contribution in [0.5, 0.6) is 0 Å². The van der Waals surface area contributed by atoms with Crippen molar-refractivity contribution in [2.75, 3.05) is 19.3 Å². The molecule has 4 heteroatoms. The monoisotopic (exact) mass is 230 g/mol. The molecule has 0 saturated carbocycles. The van der Waals surface area contributed by atoms with Gasteiger partial charge in [0.2, 0.25) is 0 Å². The van der Waals surface area contributed by atoms with Gasteiger partial charge in [-0.3, -0.25) is 4.90 Å². The summed E-state index contributed by atoms with van der Waals surface area (Å²) in [6, 6.07) is 0. The molecule has 1 heterocycles. The van der Waals surface area contributed by atoms with Gasteiger partial charge < -0.3 is 0 Å². The Kier molecular flexibility index (Phi) is 4.41. The Morgan fingerprint density at radius 1 is 1.57 bits per heavy atom. The van der Waals surface area contributed by atoms with Crippen LogP contribution in [0.1, 0.15) is 19.5 Å². The summed E-state index contributed by atoms with van der Waals surface area (Å²) >= 11 is 6.00. The highest BCUT2D eigenvalue weighted by Crippen LogP contribution is 2.18. The average Bonchev–Trinajstić information content (AvgIpc) is 2.55. The second-order valence-electron chi connectivity index (χ2n) is 4.47. The van der Waals surface area contributed by atoms with E-state index in [-0.39, 0.29) is 5.41 Å². The summed E-state index contributed by atoms with van der Waals surface area (Å²) in [6.45, 7) is 6.45. The van der Waals surface area contributed by atoms with Crippen molar-refractivity contribution in [2.24, 2.45) is 5.41 Å². The van der Waals surface area contributed by atoms with Crippen LogP contribution in [0.2, 0.25) is 0 Å². The van der Waals surface area contributed by atoms with Crippen LogP contribution >= 0.6 is 24.0 Å². The summed E-state index contributed by atoms with van der Waals surface area (Å²) in [4.78, 5) is 6.57. The second kappa shape index (κ2) is 5.14. The molecule has 0 N–H and O–H groups in total. The first-order valence-electron chi connectivity index (χ1n) is 4.70. The van der Waals surface area contributed by atoms with E-state index in [2.05, 4.69) is 48.8 Å². The maximum atomic E-state index is 4.35. The van der Waals surface area contributed by atoms with E-state index >= 15 is 0 Å². The molecule has 80 valence electrons. The number of nitrogens with zero attached hydrogens (tertiary/aromatic N) is 2. The van der Waals surface area contributed by atoms with E-state index < -0.39 is 0 Å². The highest BCUT2D eigenvalue weighted by molar-refractivity contribution is 7.80. The van der Waals surface area contributed by atoms with Crippen LogP contribution in [0.4, 0.5) is 0 Å². The average molecular weight is 230 g/mol. The van der Waals surface area contributed by atoms with Gasteiger partial charge in [-0.1, -0.05) is 13.8 Å². The van der Waals surface area contributed by atoms with Gasteiger partial charge in [0.1, 0.15) is 0 Å². The summed E-state index contributed by atoms with van der Waals surface area (Å²) in [5.41, 5.74) is 3.31. The topological polar surface area (TPSA) is 16.1 Å². The number of rotatable bonds is 5. The molecule has 1 aromatic rings. The Bertz CT molecular complexity index is 257. The number of hydrogen-bond donors (Lipinski definition) is 1. The standard InChI is InChI=1S/C10H18N2S2/c1-10(2,7-13)6-12(3)4-9-5-14-8-11-9/h5,8,13H,4,6-7H2,1-3H3. The molecule has 0 spiro atoms. The van der Waals surface area contributed by atoms with E-state index in [0.717, 1.165) is 24.5 Å². The molecule has 0 aromatic carbocycles. The van der Waals surface area contributed by atoms with Gasteiger partial charge in [0.05, 0.1) is 11.2 Å². The van der Waals surface area contributed by atoms with E-state index in [4.69, 9.17) is 0 Å². The Hall–Kier alpha value is -0.0600. The first-order chi connectivity index (χ1) is 6.53. The van der Waals surface area contributed by atoms with Gasteiger partial charge in [-0.05, 0) is 18.2 Å². The molecule has 2 nitrogen and oxygen atoms in total. The number of thiol groups is 1. The van der Waals surface area contributed by atoms with Crippen LogP contribution in [0.15, 0.2) is 10.9 Å². The van der Waals surface area contributed by atoms with Crippen molar-refractivity contribution in [2.45, 2.75) is 20.4 Å². The maximum Gasteiger partial charge on any atom is 0.0795 e. The van der Waals surface area contributed by atoms with Gasteiger partial charge >= 0.3 is 0 Å². The largest absolute Gasteiger partial charge is 0.300 e. The smallest absolute Gasteiger partial charge is 0.0795 e. The second-order valence-corrected chi connectivity index (χ2v) is 5.51. The van der Waals surface area contributed by atoms with Crippen molar-refractivity contribution in [1.29, 1.82) is 0 Å². The Morgan fingerprint density at radius 2 is 2.29 bits per heavy atom. The third-order valence-corrected chi connectivity index (χ3v) is 3.53. The summed E-state index contributed by atoms with van der Waals surface area (Å²) < 4.78 is 0. The minimum atomic E-state index is 0.272. The van der Waals surface area contributed by atoms with Crippen molar-refractivity contribution in [3.63, 3.8) is 0 Å². The first-order valence-corrected chi connectivity index (χ1v) is 6.27. The van der Waals surface area contributed by atoms with Crippen LogP contribution in [-0.4, -0.2) is 29.2 Å². The lowest BCUT2D eigenvalue weighted by atomic mass is 9.96.